The third kappa shape index (κ3) is 3.77. The van der Waals surface area contributed by atoms with Crippen molar-refractivity contribution in [3.8, 4) is 0 Å². The predicted octanol–water partition coefficient (Wildman–Crippen LogP) is 2.74. The van der Waals surface area contributed by atoms with Gasteiger partial charge in [0.05, 0.1) is 6.04 Å². The van der Waals surface area contributed by atoms with Crippen molar-refractivity contribution in [3.05, 3.63) is 16.1 Å². The van der Waals surface area contributed by atoms with Crippen molar-refractivity contribution in [3.63, 3.8) is 0 Å². The van der Waals surface area contributed by atoms with Crippen LogP contribution < -0.4 is 10.6 Å². The topological polar surface area (TPSA) is 37.0 Å². The lowest BCUT2D eigenvalue weighted by Crippen LogP contribution is -2.44. The van der Waals surface area contributed by atoms with E-state index in [1.807, 2.05) is 17.5 Å². The molecule has 1 saturated heterocycles. The van der Waals surface area contributed by atoms with Gasteiger partial charge in [-0.25, -0.2) is 4.98 Å². The molecule has 18 heavy (non-hydrogen) atoms. The summed E-state index contributed by atoms with van der Waals surface area (Å²) >= 11 is 1.83. The second-order valence-electron chi connectivity index (χ2n) is 5.43. The highest BCUT2D eigenvalue weighted by molar-refractivity contribution is 7.11. The van der Waals surface area contributed by atoms with Crippen LogP contribution in [0.4, 0.5) is 0 Å². The summed E-state index contributed by atoms with van der Waals surface area (Å²) < 4.78 is 0. The number of nitrogens with one attached hydrogen (secondary N) is 2. The molecule has 2 N–H and O–H groups in total. The molecular weight excluding hydrogens is 242 g/mol. The molecule has 0 aliphatic carbocycles. The van der Waals surface area contributed by atoms with Crippen molar-refractivity contribution in [2.24, 2.45) is 5.92 Å². The van der Waals surface area contributed by atoms with Gasteiger partial charge in [0.1, 0.15) is 5.01 Å². The van der Waals surface area contributed by atoms with E-state index in [1.54, 1.807) is 0 Å². The highest BCUT2D eigenvalue weighted by Crippen LogP contribution is 2.21. The van der Waals surface area contributed by atoms with E-state index < -0.39 is 0 Å². The van der Waals surface area contributed by atoms with E-state index in [2.05, 4.69) is 36.4 Å². The normalized spacial score (nSPS) is 26.2. The summed E-state index contributed by atoms with van der Waals surface area (Å²) in [5.74, 6) is 0.861. The average molecular weight is 267 g/mol. The molecule has 3 atom stereocenters. The molecule has 0 amide bonds. The second kappa shape index (κ2) is 6.64. The Labute approximate surface area is 114 Å². The summed E-state index contributed by atoms with van der Waals surface area (Å²) in [7, 11) is 0. The molecule has 3 unspecified atom stereocenters. The molecule has 1 aromatic rings. The van der Waals surface area contributed by atoms with Crippen LogP contribution in [0.15, 0.2) is 6.20 Å². The lowest BCUT2D eigenvalue weighted by molar-refractivity contribution is 0.305. The minimum atomic E-state index is 0.370. The maximum Gasteiger partial charge on any atom is 0.109 e. The average Bonchev–Trinajstić information content (AvgIpc) is 2.85. The van der Waals surface area contributed by atoms with Gasteiger partial charge < -0.3 is 10.6 Å². The van der Waals surface area contributed by atoms with Crippen molar-refractivity contribution in [2.75, 3.05) is 13.1 Å². The summed E-state index contributed by atoms with van der Waals surface area (Å²) in [5, 5.41) is 8.42. The van der Waals surface area contributed by atoms with Gasteiger partial charge in [-0.05, 0) is 38.6 Å². The Hall–Kier alpha value is -0.450. The molecule has 0 aromatic carbocycles. The molecule has 0 radical (unpaired) electrons. The van der Waals surface area contributed by atoms with Crippen LogP contribution in [0.2, 0.25) is 0 Å². The molecule has 0 saturated carbocycles. The lowest BCUT2D eigenvalue weighted by atomic mass is 9.94. The van der Waals surface area contributed by atoms with E-state index >= 15 is 0 Å². The fraction of sp³-hybridized carbons (Fsp3) is 0.786. The quantitative estimate of drug-likeness (QED) is 0.861. The monoisotopic (exact) mass is 267 g/mol. The van der Waals surface area contributed by atoms with Crippen molar-refractivity contribution < 1.29 is 0 Å². The van der Waals surface area contributed by atoms with Crippen molar-refractivity contribution >= 4 is 11.3 Å². The molecule has 2 rings (SSSR count). The number of thiazole rings is 1. The van der Waals surface area contributed by atoms with Crippen LogP contribution in [-0.4, -0.2) is 24.1 Å². The fourth-order valence-corrected chi connectivity index (χ4v) is 3.35. The molecule has 1 aromatic heterocycles. The van der Waals surface area contributed by atoms with Crippen LogP contribution in [0, 0.1) is 5.92 Å². The minimum Gasteiger partial charge on any atom is -0.313 e. The predicted molar refractivity (Wildman–Crippen MR) is 78.1 cm³/mol. The zero-order valence-corrected chi connectivity index (χ0v) is 12.5. The molecule has 0 bridgehead atoms. The number of hydrogen-bond donors (Lipinski definition) is 2. The van der Waals surface area contributed by atoms with Crippen LogP contribution >= 0.6 is 11.3 Å². The molecule has 102 valence electrons. The van der Waals surface area contributed by atoms with Crippen molar-refractivity contribution in [2.45, 2.75) is 52.1 Å². The Morgan fingerprint density at radius 3 is 3.11 bits per heavy atom. The smallest absolute Gasteiger partial charge is 0.109 e. The molecule has 1 aliphatic rings. The summed E-state index contributed by atoms with van der Waals surface area (Å²) in [6, 6.07) is 0.996. The number of aromatic nitrogens is 1. The van der Waals surface area contributed by atoms with Gasteiger partial charge >= 0.3 is 0 Å². The van der Waals surface area contributed by atoms with Crippen LogP contribution in [-0.2, 0) is 6.42 Å². The zero-order valence-electron chi connectivity index (χ0n) is 11.7. The molecule has 3 nitrogen and oxygen atoms in total. The standard InChI is InChI=1S/C14H25N3S/c1-4-13-9-17-14(18-13)11(3)16-8-12-7-10(2)5-6-15-12/h9-12,15-16H,4-8H2,1-3H3. The van der Waals surface area contributed by atoms with Gasteiger partial charge in [-0.3, -0.25) is 0 Å². The van der Waals surface area contributed by atoms with Crippen LogP contribution in [0.25, 0.3) is 0 Å². The van der Waals surface area contributed by atoms with E-state index in [1.165, 1.54) is 29.3 Å². The molecular formula is C14H25N3S. The molecule has 1 fully saturated rings. The van der Waals surface area contributed by atoms with Crippen LogP contribution in [0.1, 0.15) is 49.5 Å². The highest BCUT2D eigenvalue weighted by Gasteiger charge is 2.19. The number of nitrogens with zero attached hydrogens (tertiary/aromatic N) is 1. The molecule has 2 heterocycles. The number of piperidine rings is 1. The van der Waals surface area contributed by atoms with E-state index in [4.69, 9.17) is 0 Å². The Bertz CT molecular complexity index is 364. The fourth-order valence-electron chi connectivity index (χ4n) is 2.47. The van der Waals surface area contributed by atoms with Gasteiger partial charge in [0.15, 0.2) is 0 Å². The van der Waals surface area contributed by atoms with Gasteiger partial charge in [0, 0.05) is 23.7 Å². The number of rotatable bonds is 5. The van der Waals surface area contributed by atoms with Crippen LogP contribution in [0.5, 0.6) is 0 Å². The summed E-state index contributed by atoms with van der Waals surface area (Å²) in [4.78, 5) is 5.88. The summed E-state index contributed by atoms with van der Waals surface area (Å²) in [6.07, 6.45) is 5.71. The second-order valence-corrected chi connectivity index (χ2v) is 6.58. The third-order valence-electron chi connectivity index (χ3n) is 3.72. The van der Waals surface area contributed by atoms with Gasteiger partial charge in [0.25, 0.3) is 0 Å². The first-order valence-corrected chi connectivity index (χ1v) is 7.92. The Kier molecular flexibility index (Phi) is 5.15. The van der Waals surface area contributed by atoms with E-state index in [-0.39, 0.29) is 0 Å². The van der Waals surface area contributed by atoms with Crippen LogP contribution in [0.3, 0.4) is 0 Å². The molecule has 1 aliphatic heterocycles. The van der Waals surface area contributed by atoms with Gasteiger partial charge in [0.2, 0.25) is 0 Å². The maximum atomic E-state index is 4.50. The maximum absolute atomic E-state index is 4.50. The Balaban J connectivity index is 1.78. The van der Waals surface area contributed by atoms with Crippen molar-refractivity contribution in [1.82, 2.24) is 15.6 Å². The van der Waals surface area contributed by atoms with Gasteiger partial charge in [-0.15, -0.1) is 11.3 Å². The summed E-state index contributed by atoms with van der Waals surface area (Å²) in [5.41, 5.74) is 0. The SMILES string of the molecule is CCc1cnc(C(C)NCC2CC(C)CCN2)s1. The van der Waals surface area contributed by atoms with E-state index in [0.717, 1.165) is 18.9 Å². The van der Waals surface area contributed by atoms with E-state index in [0.29, 0.717) is 12.1 Å². The Morgan fingerprint density at radius 2 is 2.44 bits per heavy atom. The lowest BCUT2D eigenvalue weighted by Gasteiger charge is -2.29. The largest absolute Gasteiger partial charge is 0.313 e. The zero-order chi connectivity index (χ0) is 13.0. The van der Waals surface area contributed by atoms with E-state index in [9.17, 15) is 0 Å². The van der Waals surface area contributed by atoms with Gasteiger partial charge in [-0.2, -0.15) is 0 Å². The van der Waals surface area contributed by atoms with Crippen molar-refractivity contribution in [1.29, 1.82) is 0 Å². The highest BCUT2D eigenvalue weighted by atomic mass is 32.1. The molecule has 4 heteroatoms. The van der Waals surface area contributed by atoms with Gasteiger partial charge in [-0.1, -0.05) is 13.8 Å². The minimum absolute atomic E-state index is 0.370. The number of hydrogen-bond acceptors (Lipinski definition) is 4. The first-order chi connectivity index (χ1) is 8.69. The first-order valence-electron chi connectivity index (χ1n) is 7.10. The summed E-state index contributed by atoms with van der Waals surface area (Å²) in [6.45, 7) is 8.96. The molecule has 0 spiro atoms. The number of aryl methyl sites for hydroxylation is 1. The first kappa shape index (κ1) is 14.0. The third-order valence-corrected chi connectivity index (χ3v) is 5.04. The Morgan fingerprint density at radius 1 is 1.61 bits per heavy atom.